The van der Waals surface area contributed by atoms with Crippen LogP contribution in [0.15, 0.2) is 36.4 Å². The summed E-state index contributed by atoms with van der Waals surface area (Å²) in [4.78, 5) is 0. The van der Waals surface area contributed by atoms with Crippen molar-refractivity contribution in [3.63, 3.8) is 0 Å². The molecule has 1 N–H and O–H groups in total. The highest BCUT2D eigenvalue weighted by atomic mass is 35.5. The molecule has 0 saturated heterocycles. The summed E-state index contributed by atoms with van der Waals surface area (Å²) >= 11 is 12.3. The zero-order valence-corrected chi connectivity index (χ0v) is 13.3. The second kappa shape index (κ2) is 7.12. The summed E-state index contributed by atoms with van der Waals surface area (Å²) in [5.74, 6) is -0.113. The second-order valence-electron chi connectivity index (χ2n) is 4.62. The molecular formula is C16H16Cl2FNO. The second-order valence-corrected chi connectivity index (χ2v) is 5.41. The molecule has 0 saturated carbocycles. The smallest absolute Gasteiger partial charge is 0.168 e. The average Bonchev–Trinajstić information content (AvgIpc) is 2.49. The zero-order valence-electron chi connectivity index (χ0n) is 11.8. The number of methoxy groups -OCH3 is 1. The molecule has 2 aromatic carbocycles. The van der Waals surface area contributed by atoms with Crippen LogP contribution in [-0.4, -0.2) is 14.2 Å². The van der Waals surface area contributed by atoms with Gasteiger partial charge in [0.25, 0.3) is 0 Å². The summed E-state index contributed by atoms with van der Waals surface area (Å²) in [5, 5.41) is 4.12. The van der Waals surface area contributed by atoms with Gasteiger partial charge in [-0.3, -0.25) is 0 Å². The highest BCUT2D eigenvalue weighted by Crippen LogP contribution is 2.32. The number of hydrogen-bond acceptors (Lipinski definition) is 2. The number of ether oxygens (including phenoxy) is 1. The summed E-state index contributed by atoms with van der Waals surface area (Å²) < 4.78 is 19.3. The van der Waals surface area contributed by atoms with Gasteiger partial charge < -0.3 is 10.1 Å². The summed E-state index contributed by atoms with van der Waals surface area (Å²) in [7, 11) is 3.26. The third-order valence-electron chi connectivity index (χ3n) is 3.39. The van der Waals surface area contributed by atoms with Crippen molar-refractivity contribution >= 4 is 23.2 Å². The molecule has 21 heavy (non-hydrogen) atoms. The van der Waals surface area contributed by atoms with Crippen molar-refractivity contribution < 1.29 is 9.13 Å². The molecule has 112 valence electrons. The van der Waals surface area contributed by atoms with E-state index in [0.717, 1.165) is 5.56 Å². The molecular weight excluding hydrogens is 312 g/mol. The van der Waals surface area contributed by atoms with Gasteiger partial charge in [-0.1, -0.05) is 47.5 Å². The molecule has 2 nitrogen and oxygen atoms in total. The van der Waals surface area contributed by atoms with Crippen LogP contribution in [0.3, 0.4) is 0 Å². The van der Waals surface area contributed by atoms with E-state index in [-0.39, 0.29) is 17.6 Å². The van der Waals surface area contributed by atoms with E-state index in [0.29, 0.717) is 22.0 Å². The molecule has 0 heterocycles. The quantitative estimate of drug-likeness (QED) is 0.863. The van der Waals surface area contributed by atoms with E-state index in [4.69, 9.17) is 27.9 Å². The van der Waals surface area contributed by atoms with E-state index in [9.17, 15) is 4.39 Å². The van der Waals surface area contributed by atoms with Gasteiger partial charge in [-0.2, -0.15) is 0 Å². The maximum atomic E-state index is 14.3. The van der Waals surface area contributed by atoms with E-state index in [2.05, 4.69) is 5.32 Å². The van der Waals surface area contributed by atoms with Crippen LogP contribution in [0.25, 0.3) is 0 Å². The van der Waals surface area contributed by atoms with E-state index in [1.165, 1.54) is 7.11 Å². The van der Waals surface area contributed by atoms with Gasteiger partial charge >= 0.3 is 0 Å². The number of rotatable bonds is 5. The van der Waals surface area contributed by atoms with Gasteiger partial charge in [-0.15, -0.1) is 0 Å². The lowest BCUT2D eigenvalue weighted by Gasteiger charge is -2.19. The van der Waals surface area contributed by atoms with Crippen LogP contribution in [0.5, 0.6) is 5.75 Å². The summed E-state index contributed by atoms with van der Waals surface area (Å²) in [5.41, 5.74) is 1.40. The lowest BCUT2D eigenvalue weighted by atomic mass is 9.98. The van der Waals surface area contributed by atoms with Crippen molar-refractivity contribution in [3.05, 3.63) is 63.4 Å². The fourth-order valence-corrected chi connectivity index (χ4v) is 2.69. The summed E-state index contributed by atoms with van der Waals surface area (Å²) in [6.07, 6.45) is 0.444. The Kier molecular flexibility index (Phi) is 5.45. The molecule has 5 heteroatoms. The Bertz CT molecular complexity index is 634. The monoisotopic (exact) mass is 327 g/mol. The number of nitrogens with one attached hydrogen (secondary N) is 1. The zero-order chi connectivity index (χ0) is 15.4. The van der Waals surface area contributed by atoms with Crippen LogP contribution in [0.2, 0.25) is 10.0 Å². The molecule has 2 rings (SSSR count). The van der Waals surface area contributed by atoms with Gasteiger partial charge in [0, 0.05) is 6.04 Å². The van der Waals surface area contributed by atoms with Gasteiger partial charge in [-0.25, -0.2) is 4.39 Å². The van der Waals surface area contributed by atoms with Gasteiger partial charge in [0.1, 0.15) is 0 Å². The third-order valence-corrected chi connectivity index (χ3v) is 4.23. The van der Waals surface area contributed by atoms with Crippen molar-refractivity contribution in [2.75, 3.05) is 14.2 Å². The van der Waals surface area contributed by atoms with Gasteiger partial charge in [0.2, 0.25) is 0 Å². The minimum absolute atomic E-state index is 0.141. The van der Waals surface area contributed by atoms with Crippen LogP contribution in [0.1, 0.15) is 17.2 Å². The molecule has 0 aromatic heterocycles. The molecule has 1 atom stereocenters. The third kappa shape index (κ3) is 3.49. The molecule has 0 spiro atoms. The van der Waals surface area contributed by atoms with Crippen molar-refractivity contribution in [2.45, 2.75) is 12.5 Å². The Labute approximate surface area is 133 Å². The van der Waals surface area contributed by atoms with Gasteiger partial charge in [-0.05, 0) is 36.7 Å². The van der Waals surface area contributed by atoms with Crippen LogP contribution >= 0.6 is 23.2 Å². The normalized spacial score (nSPS) is 12.2. The maximum absolute atomic E-state index is 14.3. The highest BCUT2D eigenvalue weighted by molar-refractivity contribution is 6.42. The van der Waals surface area contributed by atoms with E-state index in [1.807, 2.05) is 12.1 Å². The maximum Gasteiger partial charge on any atom is 0.168 e. The van der Waals surface area contributed by atoms with E-state index < -0.39 is 0 Å². The molecule has 2 aromatic rings. The first-order chi connectivity index (χ1) is 10.1. The predicted molar refractivity (Wildman–Crippen MR) is 84.9 cm³/mol. The van der Waals surface area contributed by atoms with Crippen molar-refractivity contribution in [2.24, 2.45) is 0 Å². The number of benzene rings is 2. The molecule has 1 unspecified atom stereocenters. The minimum atomic E-state index is -0.349. The summed E-state index contributed by atoms with van der Waals surface area (Å²) in [6, 6.07) is 10.4. The van der Waals surface area contributed by atoms with Crippen molar-refractivity contribution in [1.82, 2.24) is 5.32 Å². The SMILES string of the molecule is CNC(Cc1cccc(OC)c1F)c1cccc(Cl)c1Cl. The first-order valence-electron chi connectivity index (χ1n) is 6.51. The Morgan fingerprint density at radius 3 is 2.57 bits per heavy atom. The molecule has 0 aliphatic carbocycles. The number of likely N-dealkylation sites (N-methyl/N-ethyl adjacent to an activating group) is 1. The Morgan fingerprint density at radius 2 is 1.90 bits per heavy atom. The fraction of sp³-hybridized carbons (Fsp3) is 0.250. The van der Waals surface area contributed by atoms with E-state index >= 15 is 0 Å². The molecule has 0 bridgehead atoms. The standard InChI is InChI=1S/C16H16Cl2FNO/c1-20-13(11-6-4-7-12(17)15(11)18)9-10-5-3-8-14(21-2)16(10)19/h3-8,13,20H,9H2,1-2H3. The van der Waals surface area contributed by atoms with Crippen LogP contribution < -0.4 is 10.1 Å². The highest BCUT2D eigenvalue weighted by Gasteiger charge is 2.18. The Hall–Kier alpha value is -1.29. The first-order valence-corrected chi connectivity index (χ1v) is 7.26. The molecule has 0 amide bonds. The Morgan fingerprint density at radius 1 is 1.19 bits per heavy atom. The molecule has 0 aliphatic heterocycles. The van der Waals surface area contributed by atoms with Crippen LogP contribution in [0.4, 0.5) is 4.39 Å². The number of halogens is 3. The van der Waals surface area contributed by atoms with Gasteiger partial charge in [0.15, 0.2) is 11.6 Å². The van der Waals surface area contributed by atoms with Crippen LogP contribution in [0, 0.1) is 5.82 Å². The van der Waals surface area contributed by atoms with Gasteiger partial charge in [0.05, 0.1) is 17.2 Å². The van der Waals surface area contributed by atoms with E-state index in [1.54, 1.807) is 31.3 Å². The van der Waals surface area contributed by atoms with Crippen molar-refractivity contribution in [3.8, 4) is 5.75 Å². The van der Waals surface area contributed by atoms with Crippen molar-refractivity contribution in [1.29, 1.82) is 0 Å². The number of hydrogen-bond donors (Lipinski definition) is 1. The fourth-order valence-electron chi connectivity index (χ4n) is 2.25. The topological polar surface area (TPSA) is 21.3 Å². The summed E-state index contributed by atoms with van der Waals surface area (Å²) in [6.45, 7) is 0. The van der Waals surface area contributed by atoms with Crippen LogP contribution in [-0.2, 0) is 6.42 Å². The lowest BCUT2D eigenvalue weighted by Crippen LogP contribution is -2.20. The Balaban J connectivity index is 2.34. The predicted octanol–water partition coefficient (Wildman–Crippen LogP) is 4.64. The molecule has 0 radical (unpaired) electrons. The molecule has 0 fully saturated rings. The molecule has 0 aliphatic rings. The first kappa shape index (κ1) is 16.1. The average molecular weight is 328 g/mol. The minimum Gasteiger partial charge on any atom is -0.494 e. The largest absolute Gasteiger partial charge is 0.494 e. The lowest BCUT2D eigenvalue weighted by molar-refractivity contribution is 0.383.